The van der Waals surface area contributed by atoms with Crippen LogP contribution >= 0.6 is 0 Å². The number of imide groups is 1. The molecule has 0 saturated carbocycles. The van der Waals surface area contributed by atoms with Crippen molar-refractivity contribution in [2.45, 2.75) is 50.6 Å². The van der Waals surface area contributed by atoms with Gasteiger partial charge in [-0.25, -0.2) is 0 Å². The average Bonchev–Trinajstić information content (AvgIpc) is 3.33. The van der Waals surface area contributed by atoms with Crippen LogP contribution in [0.2, 0.25) is 0 Å². The Kier molecular flexibility index (Phi) is 3.49. The molecule has 38 heavy (non-hydrogen) atoms. The molecule has 2 aromatic carbocycles. The Morgan fingerprint density at radius 2 is 1.47 bits per heavy atom. The predicted molar refractivity (Wildman–Crippen MR) is 138 cm³/mol. The molecule has 0 radical (unpaired) electrons. The number of carbonyl (C=O) groups excluding carboxylic acids is 5. The maximum Gasteiger partial charge on any atom is 0.255 e. The van der Waals surface area contributed by atoms with Gasteiger partial charge >= 0.3 is 0 Å². The summed E-state index contributed by atoms with van der Waals surface area (Å²) in [6.45, 7) is -2.20. The van der Waals surface area contributed by atoms with Crippen molar-refractivity contribution >= 4 is 40.9 Å². The van der Waals surface area contributed by atoms with Crippen LogP contribution in [0, 0.1) is 0 Å². The average molecular weight is 530 g/mol. The Morgan fingerprint density at radius 1 is 0.868 bits per heavy atom. The van der Waals surface area contributed by atoms with Crippen LogP contribution in [0.3, 0.4) is 0 Å². The monoisotopic (exact) mass is 529 g/mol. The smallest absolute Gasteiger partial charge is 0.255 e. The van der Waals surface area contributed by atoms with Crippen molar-refractivity contribution < 1.29 is 41.8 Å². The van der Waals surface area contributed by atoms with E-state index in [2.05, 4.69) is 11.9 Å². The fraction of sp³-hybridized carbons (Fsp3) is 0.296. The van der Waals surface area contributed by atoms with Gasteiger partial charge in [-0.2, -0.15) is 0 Å². The summed E-state index contributed by atoms with van der Waals surface area (Å²) in [5.74, 6) is -5.98. The summed E-state index contributed by atoms with van der Waals surface area (Å²) < 4.78 is 105. The van der Waals surface area contributed by atoms with Gasteiger partial charge in [0.2, 0.25) is 17.7 Å². The van der Waals surface area contributed by atoms with Crippen molar-refractivity contribution in [1.29, 1.82) is 0 Å². The standard InChI is InChI=1S/C14H15N3O2.C13H13N3O3/c1-8-5-6-12(13(18)16-8)17-7-10-9(14(17)19)3-2-4-11(10)15;14-9-3-1-2-7-8(9)6-16(13(7)19)10-4-5-11(17)15-12(10)18/h2-4,12H,1,5-7,15H2,(H,16,18);1-3,10H,4-6,14H2,(H,15,17,18)/i2D,3D,4D,6D2,7D2,12D;4D2,6D2,10D. The van der Waals surface area contributed by atoms with E-state index in [1.807, 2.05) is 0 Å². The summed E-state index contributed by atoms with van der Waals surface area (Å²) in [5, 5.41) is 3.97. The predicted octanol–water partition coefficient (Wildman–Crippen LogP) is 1.05. The molecule has 0 aromatic heterocycles. The molecule has 6 N–H and O–H groups in total. The molecule has 5 amide bonds. The second kappa shape index (κ2) is 9.66. The first-order valence-corrected chi connectivity index (χ1v) is 11.0. The Balaban J connectivity index is 0.000000199. The number of anilines is 2. The first-order chi connectivity index (χ1) is 23.1. The number of allylic oxidation sites excluding steroid dienone is 1. The number of nitrogens with one attached hydrogen (secondary N) is 2. The number of rotatable bonds is 2. The van der Waals surface area contributed by atoms with E-state index in [-0.39, 0.29) is 32.3 Å². The molecule has 4 heterocycles. The van der Waals surface area contributed by atoms with Crippen LogP contribution in [0.5, 0.6) is 0 Å². The molecule has 2 aromatic rings. The van der Waals surface area contributed by atoms with Gasteiger partial charge in [0.05, 0.1) is 12.3 Å². The number of fused-ring (bicyclic) bond motifs is 2. The Morgan fingerprint density at radius 3 is 2.11 bits per heavy atom. The van der Waals surface area contributed by atoms with Crippen LogP contribution in [0.15, 0.2) is 48.6 Å². The zero-order valence-electron chi connectivity index (χ0n) is 32.4. The molecule has 11 nitrogen and oxygen atoms in total. The molecule has 6 rings (SSSR count). The molecule has 4 aliphatic heterocycles. The maximum absolute atomic E-state index is 12.9. The second-order valence-electron chi connectivity index (χ2n) is 8.15. The minimum atomic E-state index is -3.03. The molecule has 11 heteroatoms. The largest absolute Gasteiger partial charge is 0.398 e. The number of amides is 5. The lowest BCUT2D eigenvalue weighted by Gasteiger charge is -2.30. The van der Waals surface area contributed by atoms with Crippen LogP contribution in [0.1, 0.15) is 75.3 Å². The number of nitrogen functional groups attached to an aromatic ring is 2. The first kappa shape index (κ1) is 13.8. The highest BCUT2D eigenvalue weighted by Gasteiger charge is 2.40. The lowest BCUT2D eigenvalue weighted by atomic mass is 10.0. The van der Waals surface area contributed by atoms with Crippen LogP contribution in [-0.4, -0.2) is 51.4 Å². The van der Waals surface area contributed by atoms with Gasteiger partial charge in [-0.15, -0.1) is 0 Å². The van der Waals surface area contributed by atoms with E-state index in [0.717, 1.165) is 0 Å². The topological polar surface area (TPSA) is 168 Å². The highest BCUT2D eigenvalue weighted by molar-refractivity contribution is 6.06. The summed E-state index contributed by atoms with van der Waals surface area (Å²) in [6, 6.07) is -4.07. The normalized spacial score (nSPS) is 36.6. The molecular weight excluding hydrogens is 488 g/mol. The minimum absolute atomic E-state index is 0.0276. The number of benzene rings is 2. The Labute approximate surface area is 237 Å². The summed E-state index contributed by atoms with van der Waals surface area (Å²) in [4.78, 5) is 62.1. The number of piperidine rings is 2. The van der Waals surface area contributed by atoms with E-state index in [9.17, 15) is 24.0 Å². The number of nitrogens with two attached hydrogens (primary N) is 2. The number of hydrogen-bond donors (Lipinski definition) is 4. The van der Waals surface area contributed by atoms with Crippen LogP contribution < -0.4 is 22.1 Å². The minimum Gasteiger partial charge on any atom is -0.398 e. The van der Waals surface area contributed by atoms with Gasteiger partial charge in [0.1, 0.15) is 12.0 Å². The maximum atomic E-state index is 12.9. The molecule has 0 spiro atoms. The molecule has 2 saturated heterocycles. The molecule has 0 bridgehead atoms. The SMILES string of the molecule is [2H]C1([2H])c2c(N)cccc2C(=O)N1C1([2H])C(=O)NC(=O)CC1([2H])[2H].[2H]c1c([2H])c(N)c2c(c1[2H])C(=O)N(C1([2H])C(=O)NC(=C)CC1([2H])[2H])C2([2H])[2H]. The third kappa shape index (κ3) is 4.36. The van der Waals surface area contributed by atoms with Gasteiger partial charge in [-0.3, -0.25) is 29.3 Å². The van der Waals surface area contributed by atoms with E-state index in [1.54, 1.807) is 5.32 Å². The van der Waals surface area contributed by atoms with Crippen molar-refractivity contribution in [2.24, 2.45) is 0 Å². The van der Waals surface area contributed by atoms with Gasteiger partial charge in [0.15, 0.2) is 0 Å². The molecule has 196 valence electrons. The van der Waals surface area contributed by atoms with E-state index in [4.69, 9.17) is 29.3 Å². The fourth-order valence-electron chi connectivity index (χ4n) is 3.81. The van der Waals surface area contributed by atoms with Crippen LogP contribution in [-0.2, 0) is 27.4 Å². The van der Waals surface area contributed by atoms with E-state index < -0.39 is 115 Å². The Bertz CT molecular complexity index is 2010. The summed E-state index contributed by atoms with van der Waals surface area (Å²) >= 11 is 0. The van der Waals surface area contributed by atoms with Crippen molar-refractivity contribution in [3.05, 3.63) is 70.9 Å². The Hall–Kier alpha value is -4.67. The number of carbonyl (C=O) groups is 5. The zero-order valence-corrected chi connectivity index (χ0v) is 19.4. The van der Waals surface area contributed by atoms with Gasteiger partial charge < -0.3 is 26.6 Å². The molecule has 4 aliphatic rings. The van der Waals surface area contributed by atoms with E-state index in [0.29, 0.717) is 0 Å². The van der Waals surface area contributed by atoms with E-state index in [1.165, 1.54) is 18.2 Å². The van der Waals surface area contributed by atoms with Gasteiger partial charge in [-0.1, -0.05) is 18.7 Å². The summed E-state index contributed by atoms with van der Waals surface area (Å²) in [5.41, 5.74) is 9.18. The van der Waals surface area contributed by atoms with Gasteiger partial charge in [0, 0.05) is 64.2 Å². The van der Waals surface area contributed by atoms with Gasteiger partial charge in [0.25, 0.3) is 11.8 Å². The van der Waals surface area contributed by atoms with Crippen molar-refractivity contribution in [2.75, 3.05) is 11.5 Å². The summed E-state index contributed by atoms with van der Waals surface area (Å²) in [7, 11) is 0. The van der Waals surface area contributed by atoms with Crippen molar-refractivity contribution in [3.8, 4) is 0 Å². The van der Waals surface area contributed by atoms with E-state index >= 15 is 0 Å². The van der Waals surface area contributed by atoms with Crippen LogP contribution in [0.4, 0.5) is 11.4 Å². The molecule has 2 fully saturated rings. The highest BCUT2D eigenvalue weighted by Crippen LogP contribution is 2.32. The van der Waals surface area contributed by atoms with Crippen molar-refractivity contribution in [1.82, 2.24) is 20.4 Å². The third-order valence-electron chi connectivity index (χ3n) is 5.60. The first-order valence-electron chi connectivity index (χ1n) is 17.5. The lowest BCUT2D eigenvalue weighted by molar-refractivity contribution is -0.137. The molecule has 0 aliphatic carbocycles. The zero-order chi connectivity index (χ0) is 38.8. The van der Waals surface area contributed by atoms with Gasteiger partial charge in [-0.05, 0) is 43.4 Å². The third-order valence-corrected chi connectivity index (χ3v) is 5.60. The quantitative estimate of drug-likeness (QED) is 0.333. The van der Waals surface area contributed by atoms with Crippen molar-refractivity contribution in [3.63, 3.8) is 0 Å². The number of nitrogens with zero attached hydrogens (tertiary/aromatic N) is 2. The fourth-order valence-corrected chi connectivity index (χ4v) is 3.81. The highest BCUT2D eigenvalue weighted by atomic mass is 16.2. The summed E-state index contributed by atoms with van der Waals surface area (Å²) in [6.07, 6.45) is -6.88. The lowest BCUT2D eigenvalue weighted by Crippen LogP contribution is -2.52. The molecule has 2 unspecified atom stereocenters. The van der Waals surface area contributed by atoms with Crippen LogP contribution in [0.25, 0.3) is 0 Å². The molecule has 2 atom stereocenters. The molecular formula is C27H28N6O5. The second-order valence-corrected chi connectivity index (χ2v) is 8.15. The number of hydrogen-bond acceptors (Lipinski definition) is 7.